The molecule has 0 unspecified atom stereocenters. The number of anilines is 2. The molecule has 0 aliphatic heterocycles. The number of para-hydroxylation sites is 1. The fraction of sp³-hybridized carbons (Fsp3) is 0.261. The summed E-state index contributed by atoms with van der Waals surface area (Å²) in [5, 5.41) is 6.25. The van der Waals surface area contributed by atoms with Gasteiger partial charge in [0.15, 0.2) is 0 Å². The van der Waals surface area contributed by atoms with Crippen LogP contribution in [0.1, 0.15) is 46.9 Å². The molecule has 29 heavy (non-hydrogen) atoms. The lowest BCUT2D eigenvalue weighted by molar-refractivity contribution is 0.102. The standard InChI is InChI=1S/C23H26N4O2/c1-15(2)19-7-5-6-16(3)22(19)27-23(28)20-12-21(26-14-25-20)24-13-17-8-10-18(29-4)11-9-17/h5-12,14-15H,13H2,1-4H3,(H,27,28)(H,24,25,26). The van der Waals surface area contributed by atoms with Gasteiger partial charge in [-0.25, -0.2) is 9.97 Å². The fourth-order valence-electron chi connectivity index (χ4n) is 3.03. The van der Waals surface area contributed by atoms with E-state index in [-0.39, 0.29) is 5.91 Å². The van der Waals surface area contributed by atoms with Crippen LogP contribution in [0.2, 0.25) is 0 Å². The van der Waals surface area contributed by atoms with Crippen molar-refractivity contribution >= 4 is 17.4 Å². The monoisotopic (exact) mass is 390 g/mol. The minimum Gasteiger partial charge on any atom is -0.497 e. The van der Waals surface area contributed by atoms with Gasteiger partial charge in [-0.3, -0.25) is 4.79 Å². The lowest BCUT2D eigenvalue weighted by Crippen LogP contribution is -2.17. The number of benzene rings is 2. The van der Waals surface area contributed by atoms with E-state index in [0.29, 0.717) is 24.0 Å². The Morgan fingerprint density at radius 2 is 1.86 bits per heavy atom. The van der Waals surface area contributed by atoms with Gasteiger partial charge in [-0.2, -0.15) is 0 Å². The van der Waals surface area contributed by atoms with Gasteiger partial charge >= 0.3 is 0 Å². The first-order valence-electron chi connectivity index (χ1n) is 9.57. The molecule has 0 aliphatic carbocycles. The predicted octanol–water partition coefficient (Wildman–Crippen LogP) is 4.78. The highest BCUT2D eigenvalue weighted by Crippen LogP contribution is 2.27. The summed E-state index contributed by atoms with van der Waals surface area (Å²) in [6.07, 6.45) is 1.40. The van der Waals surface area contributed by atoms with E-state index in [0.717, 1.165) is 28.1 Å². The maximum absolute atomic E-state index is 12.8. The van der Waals surface area contributed by atoms with Gasteiger partial charge < -0.3 is 15.4 Å². The second-order valence-corrected chi connectivity index (χ2v) is 7.14. The van der Waals surface area contributed by atoms with E-state index in [1.54, 1.807) is 13.2 Å². The molecule has 0 aliphatic rings. The number of hydrogen-bond acceptors (Lipinski definition) is 5. The Morgan fingerprint density at radius 1 is 1.10 bits per heavy atom. The van der Waals surface area contributed by atoms with E-state index >= 15 is 0 Å². The predicted molar refractivity (Wildman–Crippen MR) is 116 cm³/mol. The molecule has 3 rings (SSSR count). The molecule has 0 radical (unpaired) electrons. The van der Waals surface area contributed by atoms with E-state index in [1.807, 2.05) is 49.4 Å². The summed E-state index contributed by atoms with van der Waals surface area (Å²) in [7, 11) is 1.64. The van der Waals surface area contributed by atoms with Crippen LogP contribution < -0.4 is 15.4 Å². The summed E-state index contributed by atoms with van der Waals surface area (Å²) < 4.78 is 5.17. The molecule has 0 atom stereocenters. The Morgan fingerprint density at radius 3 is 2.55 bits per heavy atom. The van der Waals surface area contributed by atoms with E-state index in [2.05, 4.69) is 34.4 Å². The SMILES string of the molecule is COc1ccc(CNc2cc(C(=O)Nc3c(C)cccc3C(C)C)ncn2)cc1. The van der Waals surface area contributed by atoms with Crippen LogP contribution in [0.3, 0.4) is 0 Å². The second-order valence-electron chi connectivity index (χ2n) is 7.14. The number of aromatic nitrogens is 2. The molecule has 1 amide bonds. The van der Waals surface area contributed by atoms with Crippen molar-refractivity contribution < 1.29 is 9.53 Å². The Bertz CT molecular complexity index is 984. The van der Waals surface area contributed by atoms with Crippen molar-refractivity contribution in [2.45, 2.75) is 33.2 Å². The molecule has 2 aromatic carbocycles. The topological polar surface area (TPSA) is 76.1 Å². The maximum Gasteiger partial charge on any atom is 0.274 e. The zero-order valence-electron chi connectivity index (χ0n) is 17.2. The highest BCUT2D eigenvalue weighted by Gasteiger charge is 2.15. The lowest BCUT2D eigenvalue weighted by Gasteiger charge is -2.16. The van der Waals surface area contributed by atoms with Crippen LogP contribution in [-0.2, 0) is 6.54 Å². The summed E-state index contributed by atoms with van der Waals surface area (Å²) in [5.74, 6) is 1.45. The summed E-state index contributed by atoms with van der Waals surface area (Å²) in [4.78, 5) is 21.1. The van der Waals surface area contributed by atoms with Gasteiger partial charge in [-0.15, -0.1) is 0 Å². The van der Waals surface area contributed by atoms with E-state index in [1.165, 1.54) is 6.33 Å². The molecule has 2 N–H and O–H groups in total. The van der Waals surface area contributed by atoms with Gasteiger partial charge in [0.05, 0.1) is 7.11 Å². The number of nitrogens with zero attached hydrogens (tertiary/aromatic N) is 2. The zero-order valence-corrected chi connectivity index (χ0v) is 17.2. The lowest BCUT2D eigenvalue weighted by atomic mass is 9.98. The number of ether oxygens (including phenoxy) is 1. The average Bonchev–Trinajstić information content (AvgIpc) is 2.74. The Hall–Kier alpha value is -3.41. The number of carbonyl (C=O) groups excluding carboxylic acids is 1. The van der Waals surface area contributed by atoms with E-state index in [4.69, 9.17) is 4.74 Å². The molecule has 3 aromatic rings. The number of methoxy groups -OCH3 is 1. The summed E-state index contributed by atoms with van der Waals surface area (Å²) in [5.41, 5.74) is 4.37. The van der Waals surface area contributed by atoms with Gasteiger partial charge in [0, 0.05) is 18.3 Å². The molecule has 0 saturated carbocycles. The quantitative estimate of drug-likeness (QED) is 0.607. The Kier molecular flexibility index (Phi) is 6.44. The van der Waals surface area contributed by atoms with Crippen LogP contribution >= 0.6 is 0 Å². The summed E-state index contributed by atoms with van der Waals surface area (Å²) in [6, 6.07) is 15.5. The van der Waals surface area contributed by atoms with Crippen LogP contribution in [0, 0.1) is 6.92 Å². The maximum atomic E-state index is 12.8. The van der Waals surface area contributed by atoms with E-state index in [9.17, 15) is 4.79 Å². The molecule has 6 nitrogen and oxygen atoms in total. The van der Waals surface area contributed by atoms with Gasteiger partial charge in [0.2, 0.25) is 0 Å². The first-order chi connectivity index (χ1) is 14.0. The Labute approximate surface area is 171 Å². The smallest absolute Gasteiger partial charge is 0.274 e. The van der Waals surface area contributed by atoms with E-state index < -0.39 is 0 Å². The number of hydrogen-bond donors (Lipinski definition) is 2. The molecular formula is C23H26N4O2. The number of rotatable bonds is 7. The zero-order chi connectivity index (χ0) is 20.8. The second kappa shape index (κ2) is 9.19. The first-order valence-corrected chi connectivity index (χ1v) is 9.57. The summed E-state index contributed by atoms with van der Waals surface area (Å²) in [6.45, 7) is 6.79. The third-order valence-corrected chi connectivity index (χ3v) is 4.70. The molecule has 150 valence electrons. The van der Waals surface area contributed by atoms with Gasteiger partial charge in [-0.1, -0.05) is 44.2 Å². The molecule has 0 spiro atoms. The number of amides is 1. The van der Waals surface area contributed by atoms with Crippen LogP contribution in [0.25, 0.3) is 0 Å². The molecule has 0 saturated heterocycles. The van der Waals surface area contributed by atoms with Crippen molar-refractivity contribution in [3.63, 3.8) is 0 Å². The van der Waals surface area contributed by atoms with Gasteiger partial charge in [-0.05, 0) is 41.7 Å². The number of aryl methyl sites for hydroxylation is 1. The highest BCUT2D eigenvalue weighted by molar-refractivity contribution is 6.04. The molecule has 1 heterocycles. The molecular weight excluding hydrogens is 364 g/mol. The van der Waals surface area contributed by atoms with Crippen molar-refractivity contribution in [3.8, 4) is 5.75 Å². The van der Waals surface area contributed by atoms with Crippen molar-refractivity contribution in [2.24, 2.45) is 0 Å². The normalized spacial score (nSPS) is 10.7. The third kappa shape index (κ3) is 5.10. The first kappa shape index (κ1) is 20.3. The van der Waals surface area contributed by atoms with Crippen molar-refractivity contribution in [2.75, 3.05) is 17.7 Å². The van der Waals surface area contributed by atoms with Crippen LogP contribution in [0.4, 0.5) is 11.5 Å². The molecule has 6 heteroatoms. The third-order valence-electron chi connectivity index (χ3n) is 4.70. The molecule has 0 fully saturated rings. The minimum absolute atomic E-state index is 0.254. The number of nitrogens with one attached hydrogen (secondary N) is 2. The molecule has 0 bridgehead atoms. The Balaban J connectivity index is 1.71. The van der Waals surface area contributed by atoms with Crippen molar-refractivity contribution in [3.05, 3.63) is 77.2 Å². The fourth-order valence-corrected chi connectivity index (χ4v) is 3.03. The summed E-state index contributed by atoms with van der Waals surface area (Å²) >= 11 is 0. The average molecular weight is 390 g/mol. The van der Waals surface area contributed by atoms with Crippen molar-refractivity contribution in [1.29, 1.82) is 0 Å². The number of carbonyl (C=O) groups is 1. The van der Waals surface area contributed by atoms with Gasteiger partial charge in [0.1, 0.15) is 23.6 Å². The van der Waals surface area contributed by atoms with Crippen LogP contribution in [-0.4, -0.2) is 23.0 Å². The van der Waals surface area contributed by atoms with Crippen LogP contribution in [0.15, 0.2) is 54.9 Å². The van der Waals surface area contributed by atoms with Crippen molar-refractivity contribution in [1.82, 2.24) is 9.97 Å². The van der Waals surface area contributed by atoms with Gasteiger partial charge in [0.25, 0.3) is 5.91 Å². The molecule has 1 aromatic heterocycles. The minimum atomic E-state index is -0.254. The highest BCUT2D eigenvalue weighted by atomic mass is 16.5. The largest absolute Gasteiger partial charge is 0.497 e. The van der Waals surface area contributed by atoms with Crippen LogP contribution in [0.5, 0.6) is 5.75 Å².